The van der Waals surface area contributed by atoms with Gasteiger partial charge in [-0.2, -0.15) is 0 Å². The van der Waals surface area contributed by atoms with Crippen molar-refractivity contribution < 1.29 is 32.9 Å². The van der Waals surface area contributed by atoms with Crippen molar-refractivity contribution >= 4 is 32.0 Å². The molecule has 0 aliphatic carbocycles. The summed E-state index contributed by atoms with van der Waals surface area (Å²) in [5, 5.41) is 2.94. The van der Waals surface area contributed by atoms with Gasteiger partial charge in [0.15, 0.2) is 15.5 Å². The van der Waals surface area contributed by atoms with Gasteiger partial charge in [0.2, 0.25) is 0 Å². The lowest BCUT2D eigenvalue weighted by molar-refractivity contribution is -0.346. The summed E-state index contributed by atoms with van der Waals surface area (Å²) >= 11 is 0. The van der Waals surface area contributed by atoms with E-state index in [1.54, 1.807) is 46.4 Å². The van der Waals surface area contributed by atoms with Crippen molar-refractivity contribution in [2.75, 3.05) is 36.6 Å². The molecule has 1 aliphatic rings. The van der Waals surface area contributed by atoms with E-state index < -0.39 is 55.1 Å². The van der Waals surface area contributed by atoms with Crippen molar-refractivity contribution in [2.45, 2.75) is 60.4 Å². The number of ether oxygens (including phenoxy) is 3. The van der Waals surface area contributed by atoms with Gasteiger partial charge in [0.1, 0.15) is 11.4 Å². The number of nitrogens with zero attached hydrogens (tertiary/aromatic N) is 1. The maximum Gasteiger partial charge on any atom is 0.338 e. The summed E-state index contributed by atoms with van der Waals surface area (Å²) in [6.07, 6.45) is 0.495. The van der Waals surface area contributed by atoms with Crippen LogP contribution in [0.4, 0.5) is 11.4 Å². The average molecular weight is 488 g/mol. The van der Waals surface area contributed by atoms with Crippen molar-refractivity contribution in [2.24, 2.45) is 10.8 Å². The van der Waals surface area contributed by atoms with Gasteiger partial charge in [-0.15, -0.1) is 0 Å². The zero-order valence-corrected chi connectivity index (χ0v) is 21.1. The first-order chi connectivity index (χ1) is 15.2. The average Bonchev–Trinajstić information content (AvgIpc) is 2.90. The molecule has 0 amide bonds. The zero-order chi connectivity index (χ0) is 25.0. The predicted octanol–water partition coefficient (Wildman–Crippen LogP) is 1.79. The van der Waals surface area contributed by atoms with Crippen LogP contribution in [0.3, 0.4) is 0 Å². The fourth-order valence-electron chi connectivity index (χ4n) is 2.96. The lowest BCUT2D eigenvalue weighted by Crippen LogP contribution is -2.47. The van der Waals surface area contributed by atoms with E-state index in [9.17, 15) is 23.7 Å². The molecule has 186 valence electrons. The summed E-state index contributed by atoms with van der Waals surface area (Å²) in [4.78, 5) is 50.3. The van der Waals surface area contributed by atoms with Crippen LogP contribution < -0.4 is 21.1 Å². The minimum absolute atomic E-state index is 0.0869. The number of carbonyl (C=O) groups is 2. The second-order valence-corrected chi connectivity index (χ2v) is 10.3. The van der Waals surface area contributed by atoms with Crippen LogP contribution in [0.1, 0.15) is 54.4 Å². The molecule has 2 unspecified atom stereocenters. The van der Waals surface area contributed by atoms with Gasteiger partial charge < -0.3 is 19.7 Å². The van der Waals surface area contributed by atoms with E-state index in [1.807, 2.05) is 0 Å². The van der Waals surface area contributed by atoms with Gasteiger partial charge in [-0.1, -0.05) is 0 Å². The van der Waals surface area contributed by atoms with Gasteiger partial charge in [0.05, 0.1) is 17.3 Å². The minimum Gasteiger partial charge on any atom is -0.438 e. The molecule has 0 bridgehead atoms. The Morgan fingerprint density at radius 3 is 2.24 bits per heavy atom. The van der Waals surface area contributed by atoms with Gasteiger partial charge in [-0.3, -0.25) is 33.0 Å². The first-order valence-electron chi connectivity index (χ1n) is 10.7. The molecule has 1 aromatic carbocycles. The quantitative estimate of drug-likeness (QED) is 0.236. The Morgan fingerprint density at radius 1 is 1.03 bits per heavy atom. The number of hydrogen-bond donors (Lipinski definition) is 1. The summed E-state index contributed by atoms with van der Waals surface area (Å²) in [6.45, 7) is 10.3. The Morgan fingerprint density at radius 2 is 1.67 bits per heavy atom. The monoisotopic (exact) mass is 488 g/mol. The third kappa shape index (κ3) is 6.65. The van der Waals surface area contributed by atoms with E-state index in [-0.39, 0.29) is 24.3 Å². The molecule has 0 fully saturated rings. The number of esters is 2. The van der Waals surface area contributed by atoms with Crippen LogP contribution in [0.15, 0.2) is 9.59 Å². The number of carbonyl (C=O) groups excluding carboxylic acids is 2. The molecule has 11 nitrogen and oxygen atoms in total. The SMILES string of the molecule is CC(C)(C)C(=O)OCOC(CCN1CCCNc2c1c(=O)c2=O)(O[PH2]=O)OC(=O)C(C)(C)C. The Bertz CT molecular complexity index is 957. The second-order valence-electron chi connectivity index (χ2n) is 9.88. The largest absolute Gasteiger partial charge is 0.438 e. The van der Waals surface area contributed by atoms with E-state index in [1.165, 1.54) is 0 Å². The van der Waals surface area contributed by atoms with Crippen molar-refractivity contribution in [3.63, 3.8) is 0 Å². The molecule has 1 N–H and O–H groups in total. The molecule has 0 radical (unpaired) electrons. The molecule has 0 saturated heterocycles. The number of nitrogens with one attached hydrogen (secondary N) is 1. The number of anilines is 2. The molecule has 2 rings (SSSR count). The molecular formula is C21H33N2O9P. The smallest absolute Gasteiger partial charge is 0.338 e. The van der Waals surface area contributed by atoms with E-state index in [0.29, 0.717) is 19.5 Å². The summed E-state index contributed by atoms with van der Waals surface area (Å²) in [7, 11) is -1.88. The van der Waals surface area contributed by atoms with Crippen molar-refractivity contribution in [1.29, 1.82) is 0 Å². The van der Waals surface area contributed by atoms with Gasteiger partial charge >= 0.3 is 17.9 Å². The van der Waals surface area contributed by atoms with Gasteiger partial charge in [0.25, 0.3) is 10.9 Å². The summed E-state index contributed by atoms with van der Waals surface area (Å²) in [5.41, 5.74) is -2.40. The summed E-state index contributed by atoms with van der Waals surface area (Å²) in [6, 6.07) is 0. The number of rotatable bonds is 9. The topological polar surface area (TPSA) is 138 Å². The summed E-state index contributed by atoms with van der Waals surface area (Å²) in [5.74, 6) is -3.36. The molecule has 12 heteroatoms. The number of fused-ring (bicyclic) bond motifs is 1. The Hall–Kier alpha value is -2.23. The highest BCUT2D eigenvalue weighted by atomic mass is 31.1. The van der Waals surface area contributed by atoms with Gasteiger partial charge in [-0.25, -0.2) is 0 Å². The first-order valence-corrected chi connectivity index (χ1v) is 11.6. The summed E-state index contributed by atoms with van der Waals surface area (Å²) < 4.78 is 32.9. The van der Waals surface area contributed by atoms with Crippen LogP contribution in [0.5, 0.6) is 0 Å². The Kier molecular flexibility index (Phi) is 8.48. The molecule has 2 atom stereocenters. The Balaban J connectivity index is 2.25. The van der Waals surface area contributed by atoms with Crippen LogP contribution >= 0.6 is 8.69 Å². The first kappa shape index (κ1) is 27.0. The van der Waals surface area contributed by atoms with Crippen molar-refractivity contribution in [1.82, 2.24) is 0 Å². The van der Waals surface area contributed by atoms with E-state index in [0.717, 1.165) is 0 Å². The molecule has 0 saturated carbocycles. The van der Waals surface area contributed by atoms with Crippen molar-refractivity contribution in [3.05, 3.63) is 20.4 Å². The third-order valence-corrected chi connectivity index (χ3v) is 5.42. The van der Waals surface area contributed by atoms with Gasteiger partial charge in [-0.05, 0) is 48.0 Å². The maximum absolute atomic E-state index is 12.6. The van der Waals surface area contributed by atoms with E-state index in [2.05, 4.69) is 5.32 Å². The lowest BCUT2D eigenvalue weighted by atomic mass is 9.97. The number of hydrogen-bond acceptors (Lipinski definition) is 11. The minimum atomic E-state index is -2.11. The predicted molar refractivity (Wildman–Crippen MR) is 123 cm³/mol. The lowest BCUT2D eigenvalue weighted by Gasteiger charge is -2.35. The highest BCUT2D eigenvalue weighted by molar-refractivity contribution is 7.17. The van der Waals surface area contributed by atoms with E-state index in [4.69, 9.17) is 18.7 Å². The van der Waals surface area contributed by atoms with Crippen LogP contribution in [-0.4, -0.2) is 44.3 Å². The van der Waals surface area contributed by atoms with Crippen LogP contribution in [0, 0.1) is 10.8 Å². The third-order valence-electron chi connectivity index (χ3n) is 4.97. The fraction of sp³-hybridized carbons (Fsp3) is 0.714. The Labute approximate surface area is 193 Å². The second kappa shape index (κ2) is 10.4. The zero-order valence-electron chi connectivity index (χ0n) is 19.9. The van der Waals surface area contributed by atoms with Gasteiger partial charge in [0, 0.05) is 19.6 Å². The maximum atomic E-state index is 12.6. The normalized spacial score (nSPS) is 16.7. The molecule has 0 spiro atoms. The molecule has 1 aromatic rings. The molecule has 33 heavy (non-hydrogen) atoms. The van der Waals surface area contributed by atoms with Crippen molar-refractivity contribution in [3.8, 4) is 0 Å². The van der Waals surface area contributed by atoms with Crippen LogP contribution in [0.25, 0.3) is 0 Å². The molecule has 1 heterocycles. The van der Waals surface area contributed by atoms with Crippen LogP contribution in [-0.2, 0) is 32.9 Å². The standard InChI is InChI=1S/C21H33N2O9P/c1-19(2,3)17(26)29-12-30-21(32-33-28,31-18(27)20(4,5)6)8-11-23-10-7-9-22-13-14(23)16(25)15(13)24/h22H,7-12,33H2,1-6H3. The molecule has 1 aliphatic heterocycles. The molecular weight excluding hydrogens is 455 g/mol. The highest BCUT2D eigenvalue weighted by Crippen LogP contribution is 2.32. The highest BCUT2D eigenvalue weighted by Gasteiger charge is 2.42. The van der Waals surface area contributed by atoms with Crippen LogP contribution in [0.2, 0.25) is 0 Å². The molecule has 0 aromatic heterocycles. The fourth-order valence-corrected chi connectivity index (χ4v) is 3.34. The van der Waals surface area contributed by atoms with E-state index >= 15 is 0 Å².